The Labute approximate surface area is 126 Å². The molecular formula is C17H21NO2S. The van der Waals surface area contributed by atoms with Crippen LogP contribution in [0.25, 0.3) is 0 Å². The first kappa shape index (κ1) is 15.6. The summed E-state index contributed by atoms with van der Waals surface area (Å²) in [6.07, 6.45) is 1.23. The fraction of sp³-hybridized carbons (Fsp3) is 0.294. The summed E-state index contributed by atoms with van der Waals surface area (Å²) in [6.45, 7) is 6.10. The maximum atomic E-state index is 11.7. The van der Waals surface area contributed by atoms with Crippen molar-refractivity contribution < 1.29 is 8.42 Å². The zero-order valence-electron chi connectivity index (χ0n) is 12.8. The molecule has 0 saturated carbocycles. The minimum atomic E-state index is -3.19. The molecule has 112 valence electrons. The molecule has 0 heterocycles. The second-order valence-corrected chi connectivity index (χ2v) is 7.54. The fourth-order valence-corrected chi connectivity index (χ4v) is 2.89. The molecule has 0 aromatic heterocycles. The van der Waals surface area contributed by atoms with Gasteiger partial charge >= 0.3 is 0 Å². The Morgan fingerprint density at radius 1 is 1.05 bits per heavy atom. The Morgan fingerprint density at radius 3 is 2.38 bits per heavy atom. The van der Waals surface area contributed by atoms with E-state index in [4.69, 9.17) is 0 Å². The van der Waals surface area contributed by atoms with E-state index in [0.717, 1.165) is 11.3 Å². The van der Waals surface area contributed by atoms with E-state index in [2.05, 4.69) is 37.4 Å². The van der Waals surface area contributed by atoms with Gasteiger partial charge in [-0.2, -0.15) is 0 Å². The summed E-state index contributed by atoms with van der Waals surface area (Å²) in [4.78, 5) is 0.340. The van der Waals surface area contributed by atoms with E-state index in [1.54, 1.807) is 12.1 Å². The van der Waals surface area contributed by atoms with Crippen LogP contribution in [0.4, 0.5) is 5.69 Å². The van der Waals surface area contributed by atoms with Crippen LogP contribution in [0.5, 0.6) is 0 Å². The molecule has 4 heteroatoms. The summed E-state index contributed by atoms with van der Waals surface area (Å²) in [6, 6.07) is 13.6. The average molecular weight is 303 g/mol. The lowest BCUT2D eigenvalue weighted by molar-refractivity contribution is 0.602. The monoisotopic (exact) mass is 303 g/mol. The van der Waals surface area contributed by atoms with Gasteiger partial charge in [-0.05, 0) is 44.0 Å². The van der Waals surface area contributed by atoms with Gasteiger partial charge in [0, 0.05) is 18.0 Å². The highest BCUT2D eigenvalue weighted by atomic mass is 32.2. The molecule has 0 aliphatic heterocycles. The summed E-state index contributed by atoms with van der Waals surface area (Å²) in [5.41, 5.74) is 4.27. The first-order valence-electron chi connectivity index (χ1n) is 6.91. The predicted octanol–water partition coefficient (Wildman–Crippen LogP) is 3.88. The number of anilines is 1. The average Bonchev–Trinajstić information content (AvgIpc) is 2.40. The lowest BCUT2D eigenvalue weighted by Gasteiger charge is -2.18. The molecule has 0 bridgehead atoms. The van der Waals surface area contributed by atoms with Gasteiger partial charge in [-0.3, -0.25) is 0 Å². The van der Waals surface area contributed by atoms with Crippen molar-refractivity contribution >= 4 is 15.5 Å². The summed E-state index contributed by atoms with van der Waals surface area (Å²) < 4.78 is 23.3. The SMILES string of the molecule is Cc1cccc(C(C)Nc2cc(S(C)(=O)=O)ccc2C)c1. The van der Waals surface area contributed by atoms with Crippen LogP contribution >= 0.6 is 0 Å². The second-order valence-electron chi connectivity index (χ2n) is 5.53. The minimum Gasteiger partial charge on any atom is -0.378 e. The number of benzene rings is 2. The molecule has 2 aromatic rings. The number of nitrogens with one attached hydrogen (secondary N) is 1. The molecule has 0 aliphatic carbocycles. The molecule has 3 nitrogen and oxygen atoms in total. The number of rotatable bonds is 4. The van der Waals surface area contributed by atoms with E-state index in [0.29, 0.717) is 4.90 Å². The van der Waals surface area contributed by atoms with Crippen molar-refractivity contribution in [3.05, 3.63) is 59.2 Å². The molecular weight excluding hydrogens is 282 g/mol. The standard InChI is InChI=1S/C17H21NO2S/c1-12-6-5-7-15(10-12)14(3)18-17-11-16(21(4,19)20)9-8-13(17)2/h5-11,14,18H,1-4H3. The van der Waals surface area contributed by atoms with Crippen LogP contribution in [0, 0.1) is 13.8 Å². The van der Waals surface area contributed by atoms with Gasteiger partial charge in [-0.15, -0.1) is 0 Å². The predicted molar refractivity (Wildman–Crippen MR) is 87.5 cm³/mol. The van der Waals surface area contributed by atoms with Crippen molar-refractivity contribution in [2.24, 2.45) is 0 Å². The van der Waals surface area contributed by atoms with Gasteiger partial charge in [0.15, 0.2) is 9.84 Å². The van der Waals surface area contributed by atoms with Crippen LogP contribution in [-0.4, -0.2) is 14.7 Å². The summed E-state index contributed by atoms with van der Waals surface area (Å²) in [5.74, 6) is 0. The van der Waals surface area contributed by atoms with Crippen LogP contribution in [0.1, 0.15) is 29.7 Å². The van der Waals surface area contributed by atoms with Crippen molar-refractivity contribution in [1.82, 2.24) is 0 Å². The molecule has 2 rings (SSSR count). The Morgan fingerprint density at radius 2 is 1.76 bits per heavy atom. The van der Waals surface area contributed by atoms with Crippen molar-refractivity contribution in [2.45, 2.75) is 31.7 Å². The molecule has 0 radical (unpaired) electrons. The van der Waals surface area contributed by atoms with Crippen molar-refractivity contribution in [2.75, 3.05) is 11.6 Å². The van der Waals surface area contributed by atoms with E-state index in [9.17, 15) is 8.42 Å². The molecule has 1 N–H and O–H groups in total. The maximum absolute atomic E-state index is 11.7. The summed E-state index contributed by atoms with van der Waals surface area (Å²) in [7, 11) is -3.19. The summed E-state index contributed by atoms with van der Waals surface area (Å²) in [5, 5.41) is 3.40. The Kier molecular flexibility index (Phi) is 4.37. The van der Waals surface area contributed by atoms with Crippen molar-refractivity contribution in [1.29, 1.82) is 0 Å². The van der Waals surface area contributed by atoms with Gasteiger partial charge in [0.25, 0.3) is 0 Å². The Hall–Kier alpha value is -1.81. The second kappa shape index (κ2) is 5.90. The molecule has 2 aromatic carbocycles. The highest BCUT2D eigenvalue weighted by Crippen LogP contribution is 2.25. The van der Waals surface area contributed by atoms with E-state index in [1.165, 1.54) is 17.4 Å². The maximum Gasteiger partial charge on any atom is 0.175 e. The third-order valence-electron chi connectivity index (χ3n) is 3.55. The van der Waals surface area contributed by atoms with Gasteiger partial charge < -0.3 is 5.32 Å². The van der Waals surface area contributed by atoms with Gasteiger partial charge in [0.1, 0.15) is 0 Å². The quantitative estimate of drug-likeness (QED) is 0.932. The van der Waals surface area contributed by atoms with E-state index in [1.807, 2.05) is 19.1 Å². The van der Waals surface area contributed by atoms with Crippen molar-refractivity contribution in [3.8, 4) is 0 Å². The van der Waals surface area contributed by atoms with Gasteiger partial charge in [0.2, 0.25) is 0 Å². The largest absolute Gasteiger partial charge is 0.378 e. The number of hydrogen-bond donors (Lipinski definition) is 1. The minimum absolute atomic E-state index is 0.110. The summed E-state index contributed by atoms with van der Waals surface area (Å²) >= 11 is 0. The number of hydrogen-bond acceptors (Lipinski definition) is 3. The molecule has 0 spiro atoms. The fourth-order valence-electron chi connectivity index (χ4n) is 2.24. The first-order chi connectivity index (χ1) is 9.77. The molecule has 21 heavy (non-hydrogen) atoms. The van der Waals surface area contributed by atoms with Gasteiger partial charge in [0.05, 0.1) is 4.90 Å². The van der Waals surface area contributed by atoms with Crippen LogP contribution in [0.2, 0.25) is 0 Å². The van der Waals surface area contributed by atoms with Crippen LogP contribution < -0.4 is 5.32 Å². The molecule has 0 amide bonds. The van der Waals surface area contributed by atoms with Crippen LogP contribution in [-0.2, 0) is 9.84 Å². The van der Waals surface area contributed by atoms with Crippen LogP contribution in [0.3, 0.4) is 0 Å². The number of sulfone groups is 1. The molecule has 0 fully saturated rings. The van der Waals surface area contributed by atoms with E-state index >= 15 is 0 Å². The van der Waals surface area contributed by atoms with E-state index < -0.39 is 9.84 Å². The highest BCUT2D eigenvalue weighted by molar-refractivity contribution is 7.90. The number of aryl methyl sites for hydroxylation is 2. The molecule has 1 unspecified atom stereocenters. The van der Waals surface area contributed by atoms with Gasteiger partial charge in [-0.1, -0.05) is 35.9 Å². The molecule has 0 aliphatic rings. The zero-order chi connectivity index (χ0) is 15.6. The van der Waals surface area contributed by atoms with Crippen molar-refractivity contribution in [3.63, 3.8) is 0 Å². The lowest BCUT2D eigenvalue weighted by Crippen LogP contribution is -2.09. The Bertz CT molecular complexity index is 751. The third kappa shape index (κ3) is 3.85. The molecule has 1 atom stereocenters. The Balaban J connectivity index is 2.31. The lowest BCUT2D eigenvalue weighted by atomic mass is 10.0. The zero-order valence-corrected chi connectivity index (χ0v) is 13.7. The molecule has 0 saturated heterocycles. The smallest absolute Gasteiger partial charge is 0.175 e. The first-order valence-corrected chi connectivity index (χ1v) is 8.80. The normalized spacial score (nSPS) is 13.0. The van der Waals surface area contributed by atoms with Crippen LogP contribution in [0.15, 0.2) is 47.4 Å². The highest BCUT2D eigenvalue weighted by Gasteiger charge is 2.12. The van der Waals surface area contributed by atoms with E-state index in [-0.39, 0.29) is 6.04 Å². The third-order valence-corrected chi connectivity index (χ3v) is 4.66. The van der Waals surface area contributed by atoms with Gasteiger partial charge in [-0.25, -0.2) is 8.42 Å². The topological polar surface area (TPSA) is 46.2 Å².